The molecule has 0 aliphatic rings. The summed E-state index contributed by atoms with van der Waals surface area (Å²) in [4.78, 5) is 34.2. The van der Waals surface area contributed by atoms with Gasteiger partial charge in [0.25, 0.3) is 0 Å². The standard InChI is InChI=1S/C24H30O7/c1-5-21(13-10-18(3)30-19(4)25)31-24(27)20-11-14-22(15-12-20)28-16-8-7-9-17-29-23(26)6-2/h6,10-15H,2,5,7-9,16-17H2,1,3-4H3/b18-10+,21-13+. The Morgan fingerprint density at radius 1 is 0.935 bits per heavy atom. The predicted octanol–water partition coefficient (Wildman–Crippen LogP) is 4.88. The summed E-state index contributed by atoms with van der Waals surface area (Å²) in [6, 6.07) is 6.70. The number of allylic oxidation sites excluding steroid dienone is 4. The maximum atomic E-state index is 12.3. The fraction of sp³-hybridized carbons (Fsp3) is 0.375. The van der Waals surface area contributed by atoms with Crippen LogP contribution in [-0.4, -0.2) is 31.1 Å². The first-order valence-corrected chi connectivity index (χ1v) is 10.2. The van der Waals surface area contributed by atoms with Gasteiger partial charge in [0.15, 0.2) is 0 Å². The molecule has 0 atom stereocenters. The Kier molecular flexibility index (Phi) is 12.1. The van der Waals surface area contributed by atoms with Gasteiger partial charge < -0.3 is 18.9 Å². The summed E-state index contributed by atoms with van der Waals surface area (Å²) in [5, 5.41) is 0. The number of carbonyl (C=O) groups excluding carboxylic acids is 3. The van der Waals surface area contributed by atoms with Crippen molar-refractivity contribution in [3.63, 3.8) is 0 Å². The Bertz CT molecular complexity index is 804. The molecule has 7 nitrogen and oxygen atoms in total. The van der Waals surface area contributed by atoms with Crippen LogP contribution < -0.4 is 4.74 Å². The van der Waals surface area contributed by atoms with Gasteiger partial charge in [0.1, 0.15) is 17.3 Å². The lowest BCUT2D eigenvalue weighted by Crippen LogP contribution is -2.05. The van der Waals surface area contributed by atoms with Crippen molar-refractivity contribution in [3.05, 3.63) is 66.2 Å². The Labute approximate surface area is 183 Å². The van der Waals surface area contributed by atoms with E-state index in [4.69, 9.17) is 18.9 Å². The van der Waals surface area contributed by atoms with Crippen molar-refractivity contribution >= 4 is 17.9 Å². The van der Waals surface area contributed by atoms with Crippen molar-refractivity contribution in [2.45, 2.75) is 46.5 Å². The first-order valence-electron chi connectivity index (χ1n) is 10.2. The van der Waals surface area contributed by atoms with Crippen LogP contribution in [0.25, 0.3) is 0 Å². The summed E-state index contributed by atoms with van der Waals surface area (Å²) in [5.74, 6) is 0.219. The molecular formula is C24H30O7. The van der Waals surface area contributed by atoms with E-state index in [0.717, 1.165) is 25.3 Å². The molecule has 0 saturated carbocycles. The van der Waals surface area contributed by atoms with E-state index in [2.05, 4.69) is 6.58 Å². The zero-order valence-electron chi connectivity index (χ0n) is 18.3. The van der Waals surface area contributed by atoms with Crippen LogP contribution in [0.4, 0.5) is 0 Å². The van der Waals surface area contributed by atoms with Gasteiger partial charge in [0, 0.05) is 19.4 Å². The van der Waals surface area contributed by atoms with E-state index < -0.39 is 17.9 Å². The Balaban J connectivity index is 2.44. The van der Waals surface area contributed by atoms with Crippen LogP contribution in [0.1, 0.15) is 56.8 Å². The summed E-state index contributed by atoms with van der Waals surface area (Å²) in [5.41, 5.74) is 0.399. The van der Waals surface area contributed by atoms with Gasteiger partial charge in [-0.3, -0.25) is 4.79 Å². The first-order chi connectivity index (χ1) is 14.8. The number of esters is 3. The second-order valence-electron chi connectivity index (χ2n) is 6.55. The van der Waals surface area contributed by atoms with Crippen LogP contribution >= 0.6 is 0 Å². The molecular weight excluding hydrogens is 400 g/mol. The van der Waals surface area contributed by atoms with Crippen LogP contribution in [0.15, 0.2) is 60.6 Å². The smallest absolute Gasteiger partial charge is 0.343 e. The van der Waals surface area contributed by atoms with Crippen LogP contribution in [0.2, 0.25) is 0 Å². The number of hydrogen-bond donors (Lipinski definition) is 0. The quantitative estimate of drug-likeness (QED) is 0.110. The minimum atomic E-state index is -0.479. The fourth-order valence-corrected chi connectivity index (χ4v) is 2.36. The highest BCUT2D eigenvalue weighted by Gasteiger charge is 2.09. The molecule has 1 aromatic rings. The minimum Gasteiger partial charge on any atom is -0.494 e. The SMILES string of the molecule is C=CC(=O)OCCCCCOc1ccc(C(=O)O/C(=C/C=C(\C)OC(C)=O)CC)cc1. The van der Waals surface area contributed by atoms with Crippen molar-refractivity contribution in [2.24, 2.45) is 0 Å². The molecule has 168 valence electrons. The van der Waals surface area contributed by atoms with Crippen LogP contribution in [-0.2, 0) is 23.8 Å². The third-order valence-corrected chi connectivity index (χ3v) is 3.94. The van der Waals surface area contributed by atoms with Crippen LogP contribution in [0, 0.1) is 0 Å². The maximum Gasteiger partial charge on any atom is 0.343 e. The molecule has 0 radical (unpaired) electrons. The molecule has 0 unspecified atom stereocenters. The van der Waals surface area contributed by atoms with Gasteiger partial charge in [-0.1, -0.05) is 13.5 Å². The molecule has 0 saturated heterocycles. The number of hydrogen-bond acceptors (Lipinski definition) is 7. The Morgan fingerprint density at radius 3 is 2.23 bits per heavy atom. The number of carbonyl (C=O) groups is 3. The highest BCUT2D eigenvalue weighted by molar-refractivity contribution is 5.90. The molecule has 0 bridgehead atoms. The number of rotatable bonds is 13. The highest BCUT2D eigenvalue weighted by Crippen LogP contribution is 2.16. The Morgan fingerprint density at radius 2 is 1.61 bits per heavy atom. The first kappa shape index (κ1) is 25.7. The number of benzene rings is 1. The summed E-state index contributed by atoms with van der Waals surface area (Å²) in [6.45, 7) is 9.05. The molecule has 0 N–H and O–H groups in total. The van der Waals surface area contributed by atoms with Crippen molar-refractivity contribution in [1.29, 1.82) is 0 Å². The lowest BCUT2D eigenvalue weighted by molar-refractivity contribution is -0.138. The molecule has 0 aliphatic carbocycles. The minimum absolute atomic E-state index is 0.370. The molecule has 0 heterocycles. The van der Waals surface area contributed by atoms with Gasteiger partial charge in [-0.2, -0.15) is 0 Å². The van der Waals surface area contributed by atoms with Crippen LogP contribution in [0.5, 0.6) is 5.75 Å². The summed E-state index contributed by atoms with van der Waals surface area (Å²) >= 11 is 0. The molecule has 0 spiro atoms. The topological polar surface area (TPSA) is 88.1 Å². The fourth-order valence-electron chi connectivity index (χ4n) is 2.36. The maximum absolute atomic E-state index is 12.3. The van der Waals surface area contributed by atoms with Crippen molar-refractivity contribution in [2.75, 3.05) is 13.2 Å². The second-order valence-corrected chi connectivity index (χ2v) is 6.55. The van der Waals surface area contributed by atoms with E-state index in [-0.39, 0.29) is 0 Å². The number of ether oxygens (including phenoxy) is 4. The third-order valence-electron chi connectivity index (χ3n) is 3.94. The lowest BCUT2D eigenvalue weighted by atomic mass is 10.2. The number of unbranched alkanes of at least 4 members (excludes halogenated alkanes) is 2. The van der Waals surface area contributed by atoms with E-state index in [1.54, 1.807) is 43.3 Å². The Hall–Kier alpha value is -3.35. The monoisotopic (exact) mass is 430 g/mol. The van der Waals surface area contributed by atoms with Gasteiger partial charge in [-0.15, -0.1) is 0 Å². The summed E-state index contributed by atoms with van der Waals surface area (Å²) in [7, 11) is 0. The van der Waals surface area contributed by atoms with Gasteiger partial charge >= 0.3 is 17.9 Å². The molecule has 0 aromatic heterocycles. The van der Waals surface area contributed by atoms with Crippen molar-refractivity contribution < 1.29 is 33.3 Å². The summed E-state index contributed by atoms with van der Waals surface area (Å²) in [6.07, 6.45) is 7.28. The third kappa shape index (κ3) is 11.4. The lowest BCUT2D eigenvalue weighted by Gasteiger charge is -2.09. The predicted molar refractivity (Wildman–Crippen MR) is 116 cm³/mol. The van der Waals surface area contributed by atoms with Crippen molar-refractivity contribution in [1.82, 2.24) is 0 Å². The van der Waals surface area contributed by atoms with E-state index in [0.29, 0.717) is 42.5 Å². The van der Waals surface area contributed by atoms with E-state index in [1.165, 1.54) is 6.92 Å². The zero-order chi connectivity index (χ0) is 23.1. The van der Waals surface area contributed by atoms with Crippen LogP contribution in [0.3, 0.4) is 0 Å². The highest BCUT2D eigenvalue weighted by atomic mass is 16.5. The molecule has 0 fully saturated rings. The molecule has 1 rings (SSSR count). The molecule has 31 heavy (non-hydrogen) atoms. The molecule has 0 amide bonds. The molecule has 1 aromatic carbocycles. The normalized spacial score (nSPS) is 11.5. The van der Waals surface area contributed by atoms with Crippen molar-refractivity contribution in [3.8, 4) is 5.75 Å². The molecule has 0 aliphatic heterocycles. The van der Waals surface area contributed by atoms with Gasteiger partial charge in [-0.05, 0) is 62.6 Å². The average molecular weight is 430 g/mol. The van der Waals surface area contributed by atoms with E-state index in [1.807, 2.05) is 6.92 Å². The zero-order valence-corrected chi connectivity index (χ0v) is 18.3. The average Bonchev–Trinajstić information content (AvgIpc) is 2.75. The summed E-state index contributed by atoms with van der Waals surface area (Å²) < 4.78 is 20.9. The molecule has 7 heteroatoms. The van der Waals surface area contributed by atoms with Gasteiger partial charge in [0.05, 0.1) is 18.8 Å². The van der Waals surface area contributed by atoms with E-state index in [9.17, 15) is 14.4 Å². The van der Waals surface area contributed by atoms with Gasteiger partial charge in [-0.25, -0.2) is 9.59 Å². The van der Waals surface area contributed by atoms with Gasteiger partial charge in [0.2, 0.25) is 0 Å². The van der Waals surface area contributed by atoms with E-state index >= 15 is 0 Å². The second kappa shape index (κ2) is 14.6. The largest absolute Gasteiger partial charge is 0.494 e.